The minimum atomic E-state index is -4.77. The summed E-state index contributed by atoms with van der Waals surface area (Å²) in [6, 6.07) is 7.29. The first kappa shape index (κ1) is 23.6. The van der Waals surface area contributed by atoms with E-state index in [0.29, 0.717) is 22.4 Å². The zero-order valence-corrected chi connectivity index (χ0v) is 19.2. The summed E-state index contributed by atoms with van der Waals surface area (Å²) in [6.45, 7) is 4.50. The molecule has 0 spiro atoms. The van der Waals surface area contributed by atoms with Crippen LogP contribution < -0.4 is 10.1 Å². The number of hydrogen-bond acceptors (Lipinski definition) is 5. The molecule has 0 aliphatic carbocycles. The van der Waals surface area contributed by atoms with Crippen molar-refractivity contribution in [1.82, 2.24) is 29.7 Å². The number of alkyl halides is 3. The van der Waals surface area contributed by atoms with E-state index in [4.69, 9.17) is 16.3 Å². The molecule has 1 amide bonds. The van der Waals surface area contributed by atoms with Crippen molar-refractivity contribution in [3.63, 3.8) is 0 Å². The molecule has 1 aromatic carbocycles. The van der Waals surface area contributed by atoms with Crippen LogP contribution in [-0.4, -0.2) is 37.4 Å². The Bertz CT molecular complexity index is 1380. The first-order valence-corrected chi connectivity index (χ1v) is 10.6. The molecule has 1 N–H and O–H groups in total. The van der Waals surface area contributed by atoms with Gasteiger partial charge < -0.3 is 10.1 Å². The summed E-state index contributed by atoms with van der Waals surface area (Å²) in [4.78, 5) is 17.0. The zero-order valence-electron chi connectivity index (χ0n) is 18.4. The van der Waals surface area contributed by atoms with Gasteiger partial charge in [-0.1, -0.05) is 23.7 Å². The number of halogens is 4. The van der Waals surface area contributed by atoms with Crippen LogP contribution in [0, 0.1) is 6.92 Å². The Kier molecular flexibility index (Phi) is 6.22. The highest BCUT2D eigenvalue weighted by molar-refractivity contribution is 6.36. The smallest absolute Gasteiger partial charge is 0.433 e. The van der Waals surface area contributed by atoms with Gasteiger partial charge in [-0.2, -0.15) is 23.4 Å². The van der Waals surface area contributed by atoms with Crippen LogP contribution in [0.25, 0.3) is 16.9 Å². The highest BCUT2D eigenvalue weighted by Gasteiger charge is 2.36. The van der Waals surface area contributed by atoms with Crippen LogP contribution in [0.4, 0.5) is 13.2 Å². The first-order valence-electron chi connectivity index (χ1n) is 10.2. The van der Waals surface area contributed by atoms with Gasteiger partial charge in [-0.05, 0) is 32.0 Å². The molecule has 34 heavy (non-hydrogen) atoms. The third kappa shape index (κ3) is 4.43. The molecule has 0 unspecified atom stereocenters. The predicted molar refractivity (Wildman–Crippen MR) is 119 cm³/mol. The van der Waals surface area contributed by atoms with Gasteiger partial charge in [0, 0.05) is 30.4 Å². The monoisotopic (exact) mass is 492 g/mol. The van der Waals surface area contributed by atoms with Crippen LogP contribution in [0.3, 0.4) is 0 Å². The Balaban J connectivity index is 1.75. The Morgan fingerprint density at radius 1 is 1.24 bits per heavy atom. The largest absolute Gasteiger partial charge is 0.497 e. The Morgan fingerprint density at radius 2 is 2.00 bits per heavy atom. The van der Waals surface area contributed by atoms with Crippen LogP contribution in [0.2, 0.25) is 5.02 Å². The van der Waals surface area contributed by atoms with Crippen LogP contribution in [0.15, 0.2) is 36.5 Å². The minimum absolute atomic E-state index is 0.00934. The van der Waals surface area contributed by atoms with Crippen molar-refractivity contribution in [1.29, 1.82) is 0 Å². The lowest BCUT2D eigenvalue weighted by Gasteiger charge is -2.11. The number of carbonyl (C=O) groups is 1. The van der Waals surface area contributed by atoms with Gasteiger partial charge in [0.25, 0.3) is 5.91 Å². The second kappa shape index (κ2) is 8.98. The summed E-state index contributed by atoms with van der Waals surface area (Å²) in [5.41, 5.74) is 0.139. The van der Waals surface area contributed by atoms with Gasteiger partial charge in [-0.25, -0.2) is 9.50 Å². The molecule has 0 aliphatic heterocycles. The average Bonchev–Trinajstić information content (AvgIpc) is 3.35. The molecule has 4 rings (SSSR count). The summed E-state index contributed by atoms with van der Waals surface area (Å²) in [5.74, 6) is -0.274. The topological polar surface area (TPSA) is 86.3 Å². The van der Waals surface area contributed by atoms with Crippen LogP contribution in [0.1, 0.15) is 34.4 Å². The molecule has 8 nitrogen and oxygen atoms in total. The van der Waals surface area contributed by atoms with Crippen molar-refractivity contribution < 1.29 is 22.7 Å². The van der Waals surface area contributed by atoms with Crippen LogP contribution in [0.5, 0.6) is 5.75 Å². The average molecular weight is 493 g/mol. The number of ether oxygens (including phenoxy) is 1. The number of nitrogens with zero attached hydrogens (tertiary/aromatic N) is 5. The fraction of sp³-hybridized carbons (Fsp3) is 0.273. The fourth-order valence-electron chi connectivity index (χ4n) is 3.42. The van der Waals surface area contributed by atoms with E-state index >= 15 is 0 Å². The number of carbonyl (C=O) groups excluding carboxylic acids is 1. The summed E-state index contributed by atoms with van der Waals surface area (Å²) in [6.07, 6.45) is -2.99. The van der Waals surface area contributed by atoms with Crippen molar-refractivity contribution in [3.05, 3.63) is 64.2 Å². The molecule has 0 aliphatic rings. The number of fused-ring (bicyclic) bond motifs is 1. The second-order valence-corrected chi connectivity index (χ2v) is 7.81. The van der Waals surface area contributed by atoms with Crippen molar-refractivity contribution in [2.45, 2.75) is 33.1 Å². The van der Waals surface area contributed by atoms with Gasteiger partial charge in [0.2, 0.25) is 0 Å². The second-order valence-electron chi connectivity index (χ2n) is 7.43. The maximum absolute atomic E-state index is 13.9. The van der Waals surface area contributed by atoms with Gasteiger partial charge in [0.1, 0.15) is 10.8 Å². The molecular formula is C22H20ClF3N6O2. The number of hydrogen-bond donors (Lipinski definition) is 1. The third-order valence-corrected chi connectivity index (χ3v) is 5.56. The summed E-state index contributed by atoms with van der Waals surface area (Å²) in [5, 5.41) is 10.5. The summed E-state index contributed by atoms with van der Waals surface area (Å²) in [7, 11) is 1.45. The quantitative estimate of drug-likeness (QED) is 0.427. The molecule has 12 heteroatoms. The van der Waals surface area contributed by atoms with E-state index in [1.54, 1.807) is 42.1 Å². The van der Waals surface area contributed by atoms with Gasteiger partial charge in [-0.3, -0.25) is 9.48 Å². The fourth-order valence-corrected chi connectivity index (χ4v) is 3.67. The Morgan fingerprint density at radius 3 is 2.65 bits per heavy atom. The number of benzene rings is 1. The molecule has 0 atom stereocenters. The van der Waals surface area contributed by atoms with E-state index in [1.165, 1.54) is 7.11 Å². The SMILES string of the molecule is CCn1cc(CNC(=O)c2nn3c(C(F)(F)F)cc(-c4cccc(OC)c4)nc3c2Cl)c(C)n1. The van der Waals surface area contributed by atoms with Crippen molar-refractivity contribution >= 4 is 23.2 Å². The molecule has 3 heterocycles. The zero-order chi connectivity index (χ0) is 24.6. The number of methoxy groups -OCH3 is 1. The first-order chi connectivity index (χ1) is 16.1. The standard InChI is InChI=1S/C22H20ClF3N6O2/c1-4-31-11-14(12(2)29-31)10-27-21(33)19-18(23)20-28-16(13-6-5-7-15(8-13)34-3)9-17(22(24,25)26)32(20)30-19/h5-9,11H,4,10H2,1-3H3,(H,27,33). The van der Waals surface area contributed by atoms with Crippen molar-refractivity contribution in [2.75, 3.05) is 7.11 Å². The maximum atomic E-state index is 13.9. The van der Waals surface area contributed by atoms with E-state index < -0.39 is 17.8 Å². The van der Waals surface area contributed by atoms with Gasteiger partial charge in [0.05, 0.1) is 18.5 Å². The highest BCUT2D eigenvalue weighted by Crippen LogP contribution is 2.35. The van der Waals surface area contributed by atoms with E-state index in [9.17, 15) is 18.0 Å². The van der Waals surface area contributed by atoms with Gasteiger partial charge >= 0.3 is 6.18 Å². The molecule has 0 saturated carbocycles. The molecular weight excluding hydrogens is 473 g/mol. The Labute approximate surface area is 197 Å². The van der Waals surface area contributed by atoms with Crippen molar-refractivity contribution in [2.24, 2.45) is 0 Å². The van der Waals surface area contributed by atoms with Crippen LogP contribution >= 0.6 is 11.6 Å². The molecule has 0 bridgehead atoms. The number of nitrogens with one attached hydrogen (secondary N) is 1. The molecule has 4 aromatic rings. The highest BCUT2D eigenvalue weighted by atomic mass is 35.5. The van der Waals surface area contributed by atoms with Crippen molar-refractivity contribution in [3.8, 4) is 17.0 Å². The van der Waals surface area contributed by atoms with Crippen LogP contribution in [-0.2, 0) is 19.3 Å². The lowest BCUT2D eigenvalue weighted by Crippen LogP contribution is -2.24. The third-order valence-electron chi connectivity index (χ3n) is 5.22. The lowest BCUT2D eigenvalue weighted by atomic mass is 10.1. The number of amides is 1. The minimum Gasteiger partial charge on any atom is -0.497 e. The lowest BCUT2D eigenvalue weighted by molar-refractivity contribution is -0.142. The molecule has 0 fully saturated rings. The number of aryl methyl sites for hydroxylation is 2. The van der Waals surface area contributed by atoms with Gasteiger partial charge in [-0.15, -0.1) is 0 Å². The molecule has 178 valence electrons. The summed E-state index contributed by atoms with van der Waals surface area (Å²) >= 11 is 6.32. The van der Waals surface area contributed by atoms with E-state index in [-0.39, 0.29) is 28.6 Å². The number of aromatic nitrogens is 5. The molecule has 0 radical (unpaired) electrons. The predicted octanol–water partition coefficient (Wildman–Crippen LogP) is 4.53. The summed E-state index contributed by atoms with van der Waals surface area (Å²) < 4.78 is 49.1. The molecule has 3 aromatic heterocycles. The maximum Gasteiger partial charge on any atom is 0.433 e. The Hall–Kier alpha value is -3.60. The number of rotatable bonds is 6. The normalized spacial score (nSPS) is 11.7. The van der Waals surface area contributed by atoms with E-state index in [1.807, 2.05) is 6.92 Å². The molecule has 0 saturated heterocycles. The van der Waals surface area contributed by atoms with E-state index in [2.05, 4.69) is 20.5 Å². The van der Waals surface area contributed by atoms with Gasteiger partial charge in [0.15, 0.2) is 17.0 Å². The van der Waals surface area contributed by atoms with E-state index in [0.717, 1.165) is 17.3 Å².